The Morgan fingerprint density at radius 1 is 0.917 bits per heavy atom. The van der Waals surface area contributed by atoms with Crippen LogP contribution in [0.15, 0.2) is 12.0 Å². The maximum absolute atomic E-state index is 10.7. The molecule has 0 bridgehead atoms. The molecule has 3 N–H and O–H groups in total. The first-order valence-corrected chi connectivity index (χ1v) is 10.1. The average molecular weight is 334 g/mol. The first-order valence-electron chi connectivity index (χ1n) is 10.1. The second kappa shape index (κ2) is 5.65. The third-order valence-electron chi connectivity index (χ3n) is 9.02. The van der Waals surface area contributed by atoms with Crippen molar-refractivity contribution in [2.75, 3.05) is 0 Å². The van der Waals surface area contributed by atoms with Gasteiger partial charge in [0.15, 0.2) is 0 Å². The van der Waals surface area contributed by atoms with Crippen molar-refractivity contribution < 1.29 is 15.3 Å². The van der Waals surface area contributed by atoms with Gasteiger partial charge in [0.2, 0.25) is 0 Å². The van der Waals surface area contributed by atoms with Gasteiger partial charge in [-0.1, -0.05) is 26.7 Å². The summed E-state index contributed by atoms with van der Waals surface area (Å²) in [6.07, 6.45) is 12.6. The normalized spacial score (nSPS) is 53.6. The van der Waals surface area contributed by atoms with Crippen LogP contribution in [0.25, 0.3) is 0 Å². The molecule has 0 spiro atoms. The molecule has 4 fully saturated rings. The molecule has 0 saturated heterocycles. The van der Waals surface area contributed by atoms with Crippen LogP contribution < -0.4 is 0 Å². The molecule has 2 unspecified atom stereocenters. The monoisotopic (exact) mass is 334 g/mol. The predicted molar refractivity (Wildman–Crippen MR) is 94.6 cm³/mol. The Balaban J connectivity index is 1.64. The summed E-state index contributed by atoms with van der Waals surface area (Å²) >= 11 is 0. The van der Waals surface area contributed by atoms with Crippen LogP contribution in [0.3, 0.4) is 0 Å². The van der Waals surface area contributed by atoms with Crippen molar-refractivity contribution in [1.82, 2.24) is 0 Å². The summed E-state index contributed by atoms with van der Waals surface area (Å²) in [6.45, 7) is 4.86. The Labute approximate surface area is 146 Å². The summed E-state index contributed by atoms with van der Waals surface area (Å²) in [5.74, 6) is 2.26. The summed E-state index contributed by atoms with van der Waals surface area (Å²) in [4.78, 5) is 0. The topological polar surface area (TPSA) is 60.7 Å². The fourth-order valence-corrected chi connectivity index (χ4v) is 7.81. The minimum atomic E-state index is -0.619. The lowest BCUT2D eigenvalue weighted by molar-refractivity contribution is -0.108. The van der Waals surface area contributed by atoms with E-state index in [2.05, 4.69) is 13.8 Å². The van der Waals surface area contributed by atoms with E-state index >= 15 is 0 Å². The second-order valence-electron chi connectivity index (χ2n) is 9.80. The van der Waals surface area contributed by atoms with Gasteiger partial charge in [0.1, 0.15) is 0 Å². The Morgan fingerprint density at radius 2 is 1.71 bits per heavy atom. The molecule has 0 heterocycles. The van der Waals surface area contributed by atoms with Crippen LogP contribution in [-0.4, -0.2) is 21.4 Å². The third-order valence-corrected chi connectivity index (χ3v) is 9.02. The molecule has 4 saturated carbocycles. The first kappa shape index (κ1) is 16.8. The minimum absolute atomic E-state index is 0.0230. The summed E-state index contributed by atoms with van der Waals surface area (Å²) in [7, 11) is 0. The third kappa shape index (κ3) is 2.26. The van der Waals surface area contributed by atoms with Gasteiger partial charge in [0.05, 0.1) is 6.10 Å². The number of aliphatic hydroxyl groups is 3. The van der Waals surface area contributed by atoms with Gasteiger partial charge >= 0.3 is 0 Å². The number of aliphatic hydroxyl groups excluding tert-OH is 2. The fraction of sp³-hybridized carbons (Fsp3) is 0.905. The number of hydrogen-bond donors (Lipinski definition) is 3. The van der Waals surface area contributed by atoms with Crippen LogP contribution in [-0.2, 0) is 0 Å². The molecule has 0 radical (unpaired) electrons. The summed E-state index contributed by atoms with van der Waals surface area (Å²) in [5, 5.41) is 29.4. The van der Waals surface area contributed by atoms with Crippen molar-refractivity contribution in [3.63, 3.8) is 0 Å². The van der Waals surface area contributed by atoms with E-state index in [1.54, 1.807) is 0 Å². The van der Waals surface area contributed by atoms with Crippen molar-refractivity contribution in [1.29, 1.82) is 0 Å². The van der Waals surface area contributed by atoms with Gasteiger partial charge < -0.3 is 15.3 Å². The van der Waals surface area contributed by atoms with Crippen molar-refractivity contribution >= 4 is 0 Å². The maximum atomic E-state index is 10.7. The first-order chi connectivity index (χ1) is 11.4. The molecular weight excluding hydrogens is 300 g/mol. The Kier molecular flexibility index (Phi) is 3.95. The van der Waals surface area contributed by atoms with Crippen LogP contribution in [0.1, 0.15) is 71.6 Å². The van der Waals surface area contributed by atoms with Crippen LogP contribution >= 0.6 is 0 Å². The molecule has 4 aliphatic rings. The second-order valence-corrected chi connectivity index (χ2v) is 9.80. The van der Waals surface area contributed by atoms with Crippen molar-refractivity contribution in [3.8, 4) is 0 Å². The van der Waals surface area contributed by atoms with Gasteiger partial charge in [-0.25, -0.2) is 0 Å². The van der Waals surface area contributed by atoms with Gasteiger partial charge in [-0.15, -0.1) is 0 Å². The standard InChI is InChI=1S/C21H34O3/c1-20-9-4-3-5-13(20)6-7-14-15(20)8-10-21(2)16(14)11-18(22)17(21)12-19(23)24/h12-18,22-24H,3-11H2,1-2H3/t13?,14-,15+,16+,17+,18?,20+,21+/m1/s1. The van der Waals surface area contributed by atoms with Crippen LogP contribution in [0, 0.1) is 40.4 Å². The van der Waals surface area contributed by atoms with Crippen LogP contribution in [0.2, 0.25) is 0 Å². The lowest BCUT2D eigenvalue weighted by atomic mass is 9.45. The number of rotatable bonds is 1. The smallest absolute Gasteiger partial charge is 0.270 e. The predicted octanol–water partition coefficient (Wildman–Crippen LogP) is 4.96. The molecule has 4 rings (SSSR count). The zero-order valence-electron chi connectivity index (χ0n) is 15.2. The van der Waals surface area contributed by atoms with E-state index in [0.717, 1.165) is 30.6 Å². The molecule has 24 heavy (non-hydrogen) atoms. The van der Waals surface area contributed by atoms with E-state index in [-0.39, 0.29) is 11.3 Å². The lowest BCUT2D eigenvalue weighted by Crippen LogP contribution is -2.52. The Morgan fingerprint density at radius 3 is 2.46 bits per heavy atom. The summed E-state index contributed by atoms with van der Waals surface area (Å²) in [5.41, 5.74) is 0.537. The van der Waals surface area contributed by atoms with E-state index < -0.39 is 12.0 Å². The molecule has 0 aliphatic heterocycles. The van der Waals surface area contributed by atoms with E-state index in [0.29, 0.717) is 11.3 Å². The van der Waals surface area contributed by atoms with Crippen molar-refractivity contribution in [2.24, 2.45) is 40.4 Å². The maximum Gasteiger partial charge on any atom is 0.270 e. The number of hydrogen-bond acceptors (Lipinski definition) is 3. The highest BCUT2D eigenvalue weighted by atomic mass is 16.5. The van der Waals surface area contributed by atoms with Crippen LogP contribution in [0.4, 0.5) is 0 Å². The molecule has 0 aromatic rings. The van der Waals surface area contributed by atoms with Crippen molar-refractivity contribution in [2.45, 2.75) is 77.7 Å². The summed E-state index contributed by atoms with van der Waals surface area (Å²) < 4.78 is 0. The van der Waals surface area contributed by atoms with Gasteiger partial charge in [0, 0.05) is 12.0 Å². The molecule has 3 heteroatoms. The highest BCUT2D eigenvalue weighted by Gasteiger charge is 2.61. The van der Waals surface area contributed by atoms with Gasteiger partial charge in [-0.05, 0) is 79.4 Å². The molecule has 8 atom stereocenters. The molecule has 136 valence electrons. The average Bonchev–Trinajstić information content (AvgIpc) is 2.78. The molecule has 3 nitrogen and oxygen atoms in total. The van der Waals surface area contributed by atoms with Crippen LogP contribution in [0.5, 0.6) is 0 Å². The molecule has 0 amide bonds. The van der Waals surface area contributed by atoms with Gasteiger partial charge in [0.25, 0.3) is 5.95 Å². The van der Waals surface area contributed by atoms with Gasteiger partial charge in [-0.2, -0.15) is 0 Å². The lowest BCUT2D eigenvalue weighted by Gasteiger charge is -2.60. The molecule has 0 aromatic carbocycles. The zero-order valence-corrected chi connectivity index (χ0v) is 15.2. The fourth-order valence-electron chi connectivity index (χ4n) is 7.81. The molecule has 4 aliphatic carbocycles. The van der Waals surface area contributed by atoms with E-state index in [1.807, 2.05) is 0 Å². The minimum Gasteiger partial charge on any atom is -0.481 e. The zero-order chi connectivity index (χ0) is 17.1. The van der Waals surface area contributed by atoms with Gasteiger partial charge in [-0.3, -0.25) is 0 Å². The van der Waals surface area contributed by atoms with E-state index in [1.165, 1.54) is 51.0 Å². The van der Waals surface area contributed by atoms with Crippen molar-refractivity contribution in [3.05, 3.63) is 12.0 Å². The Bertz CT molecular complexity index is 525. The highest BCUT2D eigenvalue weighted by molar-refractivity contribution is 5.14. The Hall–Kier alpha value is -0.700. The quantitative estimate of drug-likeness (QED) is 0.594. The van der Waals surface area contributed by atoms with E-state index in [9.17, 15) is 15.3 Å². The highest BCUT2D eigenvalue weighted by Crippen LogP contribution is 2.67. The number of fused-ring (bicyclic) bond motifs is 5. The molecule has 0 aromatic heterocycles. The largest absolute Gasteiger partial charge is 0.481 e. The van der Waals surface area contributed by atoms with E-state index in [4.69, 9.17) is 0 Å². The summed E-state index contributed by atoms with van der Waals surface area (Å²) in [6, 6.07) is 0. The molecular formula is C21H34O3. The SMILES string of the molecule is C[C@]12CC[C@H]3[C@@H](CCC4CCCC[C@@]43C)[C@@H]1CC(O)[C@@H]2C=C(O)O.